The molecule has 106 valence electrons. The first-order valence-electron chi connectivity index (χ1n) is 6.51. The number of amides is 1. The Hall–Kier alpha value is -0.590. The fourth-order valence-corrected chi connectivity index (χ4v) is 3.75. The molecule has 0 aromatic carbocycles. The van der Waals surface area contributed by atoms with Gasteiger partial charge in [0.25, 0.3) is 0 Å². The van der Waals surface area contributed by atoms with Crippen LogP contribution in [0.2, 0.25) is 0 Å². The topological polar surface area (TPSA) is 53.4 Å². The molecule has 1 amide bonds. The van der Waals surface area contributed by atoms with Crippen LogP contribution in [0.1, 0.15) is 24.0 Å². The van der Waals surface area contributed by atoms with E-state index in [4.69, 9.17) is 0 Å². The van der Waals surface area contributed by atoms with Gasteiger partial charge in [0, 0.05) is 30.1 Å². The van der Waals surface area contributed by atoms with Gasteiger partial charge in [0.15, 0.2) is 0 Å². The Kier molecular flexibility index (Phi) is 5.24. The van der Waals surface area contributed by atoms with E-state index in [1.54, 1.807) is 30.0 Å². The van der Waals surface area contributed by atoms with E-state index in [-0.39, 0.29) is 17.9 Å². The third-order valence-electron chi connectivity index (χ3n) is 3.40. The molecule has 2 atom stereocenters. The molecule has 1 fully saturated rings. The van der Waals surface area contributed by atoms with Crippen LogP contribution in [0.15, 0.2) is 5.38 Å². The molecule has 0 saturated carbocycles. The molecular weight excluding hydrogens is 280 g/mol. The van der Waals surface area contributed by atoms with Gasteiger partial charge in [0.1, 0.15) is 0 Å². The van der Waals surface area contributed by atoms with E-state index in [0.717, 1.165) is 29.4 Å². The molecule has 1 aliphatic heterocycles. The van der Waals surface area contributed by atoms with E-state index in [1.165, 1.54) is 0 Å². The molecule has 1 aromatic rings. The van der Waals surface area contributed by atoms with Gasteiger partial charge in [-0.2, -0.15) is 0 Å². The summed E-state index contributed by atoms with van der Waals surface area (Å²) in [6, 6.07) is 0. The maximum absolute atomic E-state index is 12.0. The number of carbonyl (C=O) groups excluding carboxylic acids is 1. The standard InChI is InChI=1S/C13H20N2O2S2/c1-9(16)11-3-4-15(5-11)13(17)8-18-6-12-7-19-10(2)14-12/h7,9,11,16H,3-6,8H2,1-2H3. The number of nitrogens with zero attached hydrogens (tertiary/aromatic N) is 2. The van der Waals surface area contributed by atoms with Crippen molar-refractivity contribution in [2.24, 2.45) is 5.92 Å². The summed E-state index contributed by atoms with van der Waals surface area (Å²) in [5.74, 6) is 1.72. The number of aliphatic hydroxyl groups excluding tert-OH is 1. The number of thioether (sulfide) groups is 1. The van der Waals surface area contributed by atoms with Crippen LogP contribution in [-0.4, -0.2) is 45.8 Å². The van der Waals surface area contributed by atoms with E-state index < -0.39 is 0 Å². The molecule has 1 aliphatic rings. The summed E-state index contributed by atoms with van der Waals surface area (Å²) in [6.45, 7) is 5.28. The van der Waals surface area contributed by atoms with Crippen LogP contribution in [0.4, 0.5) is 0 Å². The third kappa shape index (κ3) is 4.19. The van der Waals surface area contributed by atoms with Gasteiger partial charge in [-0.25, -0.2) is 4.98 Å². The quantitative estimate of drug-likeness (QED) is 0.902. The lowest BCUT2D eigenvalue weighted by Gasteiger charge is -2.17. The highest BCUT2D eigenvalue weighted by molar-refractivity contribution is 7.99. The number of hydrogen-bond acceptors (Lipinski definition) is 5. The number of carbonyl (C=O) groups is 1. The molecule has 2 rings (SSSR count). The van der Waals surface area contributed by atoms with E-state index in [1.807, 2.05) is 17.2 Å². The largest absolute Gasteiger partial charge is 0.393 e. The highest BCUT2D eigenvalue weighted by Crippen LogP contribution is 2.21. The molecule has 1 saturated heterocycles. The summed E-state index contributed by atoms with van der Waals surface area (Å²) in [5, 5.41) is 12.6. The molecule has 1 N–H and O–H groups in total. The van der Waals surface area contributed by atoms with Crippen LogP contribution in [0.5, 0.6) is 0 Å². The SMILES string of the molecule is Cc1nc(CSCC(=O)N2CCC(C(C)O)C2)cs1. The van der Waals surface area contributed by atoms with Gasteiger partial charge in [-0.05, 0) is 20.3 Å². The van der Waals surface area contributed by atoms with Crippen molar-refractivity contribution in [3.8, 4) is 0 Å². The normalized spacial score (nSPS) is 20.8. The average molecular weight is 300 g/mol. The van der Waals surface area contributed by atoms with Crippen molar-refractivity contribution in [1.29, 1.82) is 0 Å². The Balaban J connectivity index is 1.70. The first kappa shape index (κ1) is 14.8. The van der Waals surface area contributed by atoms with Crippen molar-refractivity contribution in [2.75, 3.05) is 18.8 Å². The summed E-state index contributed by atoms with van der Waals surface area (Å²) in [4.78, 5) is 18.3. The van der Waals surface area contributed by atoms with Crippen molar-refractivity contribution in [1.82, 2.24) is 9.88 Å². The van der Waals surface area contributed by atoms with Gasteiger partial charge in [-0.1, -0.05) is 0 Å². The molecule has 0 bridgehead atoms. The van der Waals surface area contributed by atoms with E-state index in [0.29, 0.717) is 12.3 Å². The zero-order valence-corrected chi connectivity index (χ0v) is 13.0. The summed E-state index contributed by atoms with van der Waals surface area (Å²) in [5.41, 5.74) is 1.06. The van der Waals surface area contributed by atoms with Gasteiger partial charge in [-0.3, -0.25) is 4.79 Å². The number of aryl methyl sites for hydroxylation is 1. The second-order valence-corrected chi connectivity index (χ2v) is 7.03. The van der Waals surface area contributed by atoms with E-state index in [2.05, 4.69) is 4.98 Å². The molecule has 6 heteroatoms. The highest BCUT2D eigenvalue weighted by Gasteiger charge is 2.28. The summed E-state index contributed by atoms with van der Waals surface area (Å²) >= 11 is 3.26. The molecule has 0 spiro atoms. The van der Waals surface area contributed by atoms with Gasteiger partial charge >= 0.3 is 0 Å². The Morgan fingerprint density at radius 2 is 2.53 bits per heavy atom. The third-order valence-corrected chi connectivity index (χ3v) is 5.17. The number of aliphatic hydroxyl groups is 1. The average Bonchev–Trinajstić information content (AvgIpc) is 2.98. The maximum Gasteiger partial charge on any atom is 0.232 e. The minimum Gasteiger partial charge on any atom is -0.393 e. The minimum atomic E-state index is -0.316. The number of hydrogen-bond donors (Lipinski definition) is 1. The molecule has 1 aromatic heterocycles. The monoisotopic (exact) mass is 300 g/mol. The fourth-order valence-electron chi connectivity index (χ4n) is 2.22. The van der Waals surface area contributed by atoms with Crippen molar-refractivity contribution >= 4 is 29.0 Å². The highest BCUT2D eigenvalue weighted by atomic mass is 32.2. The number of thiazole rings is 1. The van der Waals surface area contributed by atoms with Crippen LogP contribution < -0.4 is 0 Å². The molecule has 0 aliphatic carbocycles. The lowest BCUT2D eigenvalue weighted by atomic mass is 10.0. The minimum absolute atomic E-state index is 0.181. The molecule has 0 radical (unpaired) electrons. The van der Waals surface area contributed by atoms with Crippen LogP contribution in [0, 0.1) is 12.8 Å². The lowest BCUT2D eigenvalue weighted by molar-refractivity contribution is -0.127. The summed E-state index contributed by atoms with van der Waals surface area (Å²) in [6.07, 6.45) is 0.600. The smallest absolute Gasteiger partial charge is 0.232 e. The Bertz CT molecular complexity index is 434. The van der Waals surface area contributed by atoms with Gasteiger partial charge in [0.05, 0.1) is 22.6 Å². The zero-order chi connectivity index (χ0) is 13.8. The maximum atomic E-state index is 12.0. The fraction of sp³-hybridized carbons (Fsp3) is 0.692. The molecule has 2 unspecified atom stereocenters. The predicted molar refractivity (Wildman–Crippen MR) is 79.4 cm³/mol. The van der Waals surface area contributed by atoms with E-state index >= 15 is 0 Å². The number of likely N-dealkylation sites (tertiary alicyclic amines) is 1. The number of aromatic nitrogens is 1. The lowest BCUT2D eigenvalue weighted by Crippen LogP contribution is -2.31. The molecule has 4 nitrogen and oxygen atoms in total. The van der Waals surface area contributed by atoms with Crippen LogP contribution >= 0.6 is 23.1 Å². The summed E-state index contributed by atoms with van der Waals surface area (Å²) in [7, 11) is 0. The first-order chi connectivity index (χ1) is 9.06. The van der Waals surface area contributed by atoms with Crippen LogP contribution in [-0.2, 0) is 10.5 Å². The molecule has 19 heavy (non-hydrogen) atoms. The second kappa shape index (κ2) is 6.72. The van der Waals surface area contributed by atoms with Crippen molar-refractivity contribution in [3.05, 3.63) is 16.1 Å². The van der Waals surface area contributed by atoms with Gasteiger partial charge < -0.3 is 10.0 Å². The predicted octanol–water partition coefficient (Wildman–Crippen LogP) is 1.91. The van der Waals surface area contributed by atoms with Crippen LogP contribution in [0.25, 0.3) is 0 Å². The van der Waals surface area contributed by atoms with Crippen molar-refractivity contribution in [2.45, 2.75) is 32.1 Å². The van der Waals surface area contributed by atoms with Crippen molar-refractivity contribution in [3.63, 3.8) is 0 Å². The zero-order valence-electron chi connectivity index (χ0n) is 11.3. The first-order valence-corrected chi connectivity index (χ1v) is 8.54. The second-order valence-electron chi connectivity index (χ2n) is 4.98. The van der Waals surface area contributed by atoms with Crippen LogP contribution in [0.3, 0.4) is 0 Å². The molecule has 2 heterocycles. The molecular formula is C13H20N2O2S2. The summed E-state index contributed by atoms with van der Waals surface area (Å²) < 4.78 is 0. The van der Waals surface area contributed by atoms with Gasteiger partial charge in [0.2, 0.25) is 5.91 Å². The number of rotatable bonds is 5. The Morgan fingerprint density at radius 3 is 3.11 bits per heavy atom. The van der Waals surface area contributed by atoms with Gasteiger partial charge in [-0.15, -0.1) is 23.1 Å². The Labute approximate surface area is 122 Å². The Morgan fingerprint density at radius 1 is 1.74 bits per heavy atom. The van der Waals surface area contributed by atoms with Crippen molar-refractivity contribution < 1.29 is 9.90 Å². The van der Waals surface area contributed by atoms with E-state index in [9.17, 15) is 9.90 Å².